The lowest BCUT2D eigenvalue weighted by Gasteiger charge is -2.37. The fourth-order valence-electron chi connectivity index (χ4n) is 3.48. The summed E-state index contributed by atoms with van der Waals surface area (Å²) in [6, 6.07) is 0. The first-order valence-corrected chi connectivity index (χ1v) is 8.89. The molecule has 0 spiro atoms. The SMILES string of the molecule is CCN1CCN(c2ncnc(N3CCN(CCO)CC3)c2N)CC1. The van der Waals surface area contributed by atoms with Gasteiger partial charge < -0.3 is 25.5 Å². The van der Waals surface area contributed by atoms with Gasteiger partial charge in [0.25, 0.3) is 0 Å². The Morgan fingerprint density at radius 1 is 0.917 bits per heavy atom. The molecular formula is C16H29N7O. The molecule has 8 nitrogen and oxygen atoms in total. The predicted molar refractivity (Wildman–Crippen MR) is 96.5 cm³/mol. The molecule has 1 aromatic heterocycles. The average Bonchev–Trinajstić information content (AvgIpc) is 2.63. The second-order valence-corrected chi connectivity index (χ2v) is 6.41. The first kappa shape index (κ1) is 17.2. The number of likely N-dealkylation sites (N-methyl/N-ethyl adjacent to an activating group) is 1. The van der Waals surface area contributed by atoms with Crippen molar-refractivity contribution in [2.45, 2.75) is 6.92 Å². The summed E-state index contributed by atoms with van der Waals surface area (Å²) in [6.07, 6.45) is 1.63. The quantitative estimate of drug-likeness (QED) is 0.732. The minimum absolute atomic E-state index is 0.212. The van der Waals surface area contributed by atoms with Crippen molar-refractivity contribution in [3.8, 4) is 0 Å². The molecule has 2 aliphatic rings. The van der Waals surface area contributed by atoms with Gasteiger partial charge in [0.15, 0.2) is 11.6 Å². The minimum Gasteiger partial charge on any atom is -0.395 e. The second kappa shape index (κ2) is 7.96. The van der Waals surface area contributed by atoms with Crippen LogP contribution in [0.1, 0.15) is 6.92 Å². The number of aliphatic hydroxyl groups is 1. The maximum Gasteiger partial charge on any atom is 0.157 e. The lowest BCUT2D eigenvalue weighted by atomic mass is 10.2. The van der Waals surface area contributed by atoms with Crippen molar-refractivity contribution in [1.29, 1.82) is 0 Å². The molecule has 8 heteroatoms. The van der Waals surface area contributed by atoms with Gasteiger partial charge in [0.2, 0.25) is 0 Å². The van der Waals surface area contributed by atoms with Crippen LogP contribution in [0.2, 0.25) is 0 Å². The molecular weight excluding hydrogens is 306 g/mol. The third kappa shape index (κ3) is 3.71. The summed E-state index contributed by atoms with van der Waals surface area (Å²) in [4.78, 5) is 18.1. The zero-order valence-corrected chi connectivity index (χ0v) is 14.6. The molecule has 0 amide bonds. The Bertz CT molecular complexity index is 525. The van der Waals surface area contributed by atoms with Crippen LogP contribution in [0.5, 0.6) is 0 Å². The number of aliphatic hydroxyl groups excluding tert-OH is 1. The first-order valence-electron chi connectivity index (χ1n) is 8.89. The van der Waals surface area contributed by atoms with Gasteiger partial charge in [-0.25, -0.2) is 9.97 Å². The van der Waals surface area contributed by atoms with Gasteiger partial charge in [-0.2, -0.15) is 0 Å². The Morgan fingerprint density at radius 2 is 1.42 bits per heavy atom. The number of hydrogen-bond acceptors (Lipinski definition) is 8. The Balaban J connectivity index is 1.68. The molecule has 3 N–H and O–H groups in total. The maximum atomic E-state index is 9.06. The van der Waals surface area contributed by atoms with E-state index in [-0.39, 0.29) is 6.61 Å². The molecule has 2 saturated heterocycles. The van der Waals surface area contributed by atoms with E-state index in [1.54, 1.807) is 6.33 Å². The van der Waals surface area contributed by atoms with Crippen molar-refractivity contribution in [3.63, 3.8) is 0 Å². The first-order chi connectivity index (χ1) is 11.7. The molecule has 0 atom stereocenters. The summed E-state index contributed by atoms with van der Waals surface area (Å²) in [5.41, 5.74) is 7.12. The Kier molecular flexibility index (Phi) is 5.70. The predicted octanol–water partition coefficient (Wildman–Crippen LogP) is -0.685. The number of nitrogen functional groups attached to an aromatic ring is 1. The van der Waals surface area contributed by atoms with Crippen molar-refractivity contribution in [2.24, 2.45) is 0 Å². The number of nitrogens with two attached hydrogens (primary N) is 1. The molecule has 3 rings (SSSR count). The van der Waals surface area contributed by atoms with E-state index < -0.39 is 0 Å². The highest BCUT2D eigenvalue weighted by molar-refractivity contribution is 5.76. The van der Waals surface area contributed by atoms with Crippen LogP contribution in [-0.2, 0) is 0 Å². The fourth-order valence-corrected chi connectivity index (χ4v) is 3.48. The van der Waals surface area contributed by atoms with Gasteiger partial charge in [-0.1, -0.05) is 6.92 Å². The monoisotopic (exact) mass is 335 g/mol. The van der Waals surface area contributed by atoms with Crippen LogP contribution in [-0.4, -0.2) is 96.9 Å². The van der Waals surface area contributed by atoms with Crippen LogP contribution < -0.4 is 15.5 Å². The summed E-state index contributed by atoms with van der Waals surface area (Å²) >= 11 is 0. The van der Waals surface area contributed by atoms with E-state index in [0.717, 1.165) is 77.1 Å². The standard InChI is InChI=1S/C16H29N7O/c1-2-20-3-7-22(8-4-20)15-14(17)16(19-13-18-15)23-9-5-21(6-10-23)11-12-24/h13,24H,2-12,17H2,1H3. The summed E-state index contributed by atoms with van der Waals surface area (Å²) in [5.74, 6) is 1.72. The highest BCUT2D eigenvalue weighted by Crippen LogP contribution is 2.30. The lowest BCUT2D eigenvalue weighted by Crippen LogP contribution is -2.48. The van der Waals surface area contributed by atoms with Crippen molar-refractivity contribution in [1.82, 2.24) is 19.8 Å². The van der Waals surface area contributed by atoms with E-state index in [4.69, 9.17) is 10.8 Å². The molecule has 2 fully saturated rings. The van der Waals surface area contributed by atoms with Crippen molar-refractivity contribution >= 4 is 17.3 Å². The van der Waals surface area contributed by atoms with Gasteiger partial charge >= 0.3 is 0 Å². The van der Waals surface area contributed by atoms with E-state index in [9.17, 15) is 0 Å². The van der Waals surface area contributed by atoms with Crippen LogP contribution in [0.4, 0.5) is 17.3 Å². The average molecular weight is 335 g/mol. The summed E-state index contributed by atoms with van der Waals surface area (Å²) in [5, 5.41) is 9.06. The zero-order chi connectivity index (χ0) is 16.9. The molecule has 0 aliphatic carbocycles. The number of piperazine rings is 2. The fraction of sp³-hybridized carbons (Fsp3) is 0.750. The van der Waals surface area contributed by atoms with Crippen LogP contribution in [0, 0.1) is 0 Å². The minimum atomic E-state index is 0.212. The molecule has 0 unspecified atom stereocenters. The van der Waals surface area contributed by atoms with Crippen LogP contribution in [0.3, 0.4) is 0 Å². The Hall–Kier alpha value is -1.64. The molecule has 3 heterocycles. The van der Waals surface area contributed by atoms with Crippen molar-refractivity contribution < 1.29 is 5.11 Å². The summed E-state index contributed by atoms with van der Waals surface area (Å²) in [6.45, 7) is 11.9. The molecule has 1 aromatic rings. The number of nitrogens with zero attached hydrogens (tertiary/aromatic N) is 6. The topological polar surface area (TPSA) is 85.0 Å². The lowest BCUT2D eigenvalue weighted by molar-refractivity contribution is 0.188. The van der Waals surface area contributed by atoms with Crippen LogP contribution in [0.25, 0.3) is 0 Å². The van der Waals surface area contributed by atoms with Gasteiger partial charge in [0.05, 0.1) is 6.61 Å². The molecule has 0 radical (unpaired) electrons. The number of β-amino-alcohol motifs (C(OH)–C–C–N with tert-alkyl or cyclic N) is 1. The molecule has 2 aliphatic heterocycles. The van der Waals surface area contributed by atoms with Gasteiger partial charge in [0.1, 0.15) is 12.0 Å². The maximum absolute atomic E-state index is 9.06. The zero-order valence-electron chi connectivity index (χ0n) is 14.6. The van der Waals surface area contributed by atoms with E-state index in [1.165, 1.54) is 0 Å². The summed E-state index contributed by atoms with van der Waals surface area (Å²) in [7, 11) is 0. The summed E-state index contributed by atoms with van der Waals surface area (Å²) < 4.78 is 0. The van der Waals surface area contributed by atoms with Crippen LogP contribution >= 0.6 is 0 Å². The van der Waals surface area contributed by atoms with Gasteiger partial charge in [-0.15, -0.1) is 0 Å². The number of anilines is 3. The Morgan fingerprint density at radius 3 is 1.88 bits per heavy atom. The van der Waals surface area contributed by atoms with Crippen LogP contribution in [0.15, 0.2) is 6.33 Å². The Labute approximate surface area is 143 Å². The van der Waals surface area contributed by atoms with Gasteiger partial charge in [-0.05, 0) is 6.54 Å². The number of aromatic nitrogens is 2. The van der Waals surface area contributed by atoms with E-state index in [1.807, 2.05) is 0 Å². The van der Waals surface area contributed by atoms with E-state index >= 15 is 0 Å². The largest absolute Gasteiger partial charge is 0.395 e. The molecule has 24 heavy (non-hydrogen) atoms. The second-order valence-electron chi connectivity index (χ2n) is 6.41. The number of hydrogen-bond donors (Lipinski definition) is 2. The van der Waals surface area contributed by atoms with E-state index in [2.05, 4.69) is 36.5 Å². The van der Waals surface area contributed by atoms with E-state index in [0.29, 0.717) is 5.69 Å². The highest BCUT2D eigenvalue weighted by atomic mass is 16.3. The van der Waals surface area contributed by atoms with Gasteiger partial charge in [-0.3, -0.25) is 4.90 Å². The molecule has 134 valence electrons. The van der Waals surface area contributed by atoms with Crippen molar-refractivity contribution in [3.05, 3.63) is 6.33 Å². The molecule has 0 saturated carbocycles. The van der Waals surface area contributed by atoms with Gasteiger partial charge in [0, 0.05) is 58.9 Å². The molecule has 0 aromatic carbocycles. The molecule has 0 bridgehead atoms. The van der Waals surface area contributed by atoms with Crippen molar-refractivity contribution in [2.75, 3.05) is 87.6 Å². The smallest absolute Gasteiger partial charge is 0.157 e. The normalized spacial score (nSPS) is 20.6. The third-order valence-electron chi connectivity index (χ3n) is 5.05. The number of rotatable bonds is 5. The third-order valence-corrected chi connectivity index (χ3v) is 5.05. The highest BCUT2D eigenvalue weighted by Gasteiger charge is 2.24.